The van der Waals surface area contributed by atoms with E-state index in [-0.39, 0.29) is 90.0 Å². The van der Waals surface area contributed by atoms with Gasteiger partial charge in [-0.2, -0.15) is 0 Å². The number of H-pyrrole nitrogens is 6. The average Bonchev–Trinajstić information content (AvgIpc) is 1.30. The Kier molecular flexibility index (Phi) is 20.7. The number of rotatable bonds is 30. The monoisotopic (exact) mass is 1750 g/mol. The van der Waals surface area contributed by atoms with Crippen molar-refractivity contribution in [1.29, 1.82) is 0 Å². The highest BCUT2D eigenvalue weighted by Gasteiger charge is 2.29. The third-order valence-electron chi connectivity index (χ3n) is 21.1. The third kappa shape index (κ3) is 26.5. The van der Waals surface area contributed by atoms with Gasteiger partial charge in [-0.05, 0) is 301 Å². The van der Waals surface area contributed by atoms with E-state index in [0.29, 0.717) is 127 Å². The SMILES string of the molecule is [2H]C([2H])(CN(C([2H])([2H])[2H])C([2H])([2H])[2H])c1c[nH]c2ccc(C[C@H]3COC(=O)N3)cc12.[2H]C([2H])(CN(C)C([2H])([2H])[2H])c1c[nH]c2ccc(C[C@H]3COC(=O)N3)cc12.[2H]C([2H])(CN(C)C)c1c[nH]c2ccc(C[C@H]3COC(=O)N3)cc12.[2H]C([2H])(Cc1c[nH]c2ccc(C[C@H]3COC(=O)N3)cc12)N(C)C.[2H]C([2H])([2H])N(C([2H])([2H])[2H])C([2H])([2H])Cc1c[nH]c2ccc(C[C@H]3COC(=O)N3)cc12.[2H]C([2H])([2H])N(C)C([2H])([2H])Cc1c[nH]c2ccc(C[C@H]3COC(=O)N3)cc12. The van der Waals surface area contributed by atoms with E-state index in [1.54, 1.807) is 62.0 Å². The number of ether oxygens (including phenoxy) is 6. The number of benzene rings is 6. The number of aryl methyl sites for hydroxylation is 3. The lowest BCUT2D eigenvalue weighted by molar-refractivity contribution is 0.176. The Hall–Kier alpha value is -12.1. The van der Waals surface area contributed by atoms with Crippen LogP contribution in [0, 0.1) is 0 Å². The van der Waals surface area contributed by atoms with E-state index in [0.717, 1.165) is 87.0 Å². The van der Waals surface area contributed by atoms with Crippen molar-refractivity contribution < 1.29 is 98.3 Å². The van der Waals surface area contributed by atoms with Crippen molar-refractivity contribution >= 4 is 102 Å². The van der Waals surface area contributed by atoms with Crippen LogP contribution >= 0.6 is 0 Å². The molecule has 12 aromatic rings. The van der Waals surface area contributed by atoms with Crippen LogP contribution < -0.4 is 31.9 Å². The highest BCUT2D eigenvalue weighted by atomic mass is 16.6. The number of aromatic amines is 6. The van der Waals surface area contributed by atoms with Gasteiger partial charge in [-0.15, -0.1) is 0 Å². The van der Waals surface area contributed by atoms with Gasteiger partial charge in [0.15, 0.2) is 0 Å². The molecule has 126 heavy (non-hydrogen) atoms. The number of alkyl carbamates (subject to hydrolysis) is 6. The fourth-order valence-electron chi connectivity index (χ4n) is 15.0. The smallest absolute Gasteiger partial charge is 0.407 e. The Morgan fingerprint density at radius 3 is 0.714 bits per heavy atom. The molecule has 6 saturated heterocycles. The van der Waals surface area contributed by atoms with Crippen molar-refractivity contribution in [3.63, 3.8) is 0 Å². The second kappa shape index (κ2) is 43.7. The summed E-state index contributed by atoms with van der Waals surface area (Å²) in [5.74, 6) is 0. The van der Waals surface area contributed by atoms with Gasteiger partial charge >= 0.3 is 36.6 Å². The van der Waals surface area contributed by atoms with Crippen molar-refractivity contribution in [3.8, 4) is 0 Å². The van der Waals surface area contributed by atoms with Gasteiger partial charge < -0.3 is 120 Å². The summed E-state index contributed by atoms with van der Waals surface area (Å²) in [4.78, 5) is 90.7. The molecule has 672 valence electrons. The summed E-state index contributed by atoms with van der Waals surface area (Å²) in [6.45, 7) is -22.0. The van der Waals surface area contributed by atoms with Gasteiger partial charge in [-0.3, -0.25) is 0 Å². The van der Waals surface area contributed by atoms with Crippen molar-refractivity contribution in [2.24, 2.45) is 0 Å². The number of nitrogens with one attached hydrogen (secondary N) is 12. The van der Waals surface area contributed by atoms with E-state index in [4.69, 9.17) is 69.5 Å². The Bertz CT molecular complexity index is 6980. The lowest BCUT2D eigenvalue weighted by Crippen LogP contribution is -2.28. The standard InChI is InChI=1S/6C16H21N3O2/c6*1-19(2)6-5-12-9-17-15-4-3-11(8-14(12)15)7-13-10-21-16(20)18-13/h6*3-4,8-9,13,17H,5-7,10H2,1-2H3,(H,18,20)/t6*13-/m000000/s1/i1D3,2D3,6D2;1D3,2D3,5D2;1D3,6D2;1D3,5D2;6D2;5D2. The van der Waals surface area contributed by atoms with E-state index in [9.17, 15) is 28.8 Å². The van der Waals surface area contributed by atoms with E-state index in [1.165, 1.54) is 20.3 Å². The molecule has 6 aromatic heterocycles. The Labute approximate surface area is 778 Å². The normalized spacial score (nSPS) is 23.0. The first-order valence-corrected chi connectivity index (χ1v) is 40.9. The van der Waals surface area contributed by atoms with Crippen LogP contribution in [0.4, 0.5) is 28.8 Å². The zero-order valence-corrected chi connectivity index (χ0v) is 70.6. The molecule has 6 aromatic carbocycles. The maximum atomic E-state index is 11.2. The molecule has 0 unspecified atom stereocenters. The van der Waals surface area contributed by atoms with Crippen molar-refractivity contribution in [2.45, 2.75) is 113 Å². The minimum atomic E-state index is -3.13. The molecular weight excluding hydrogens is 1600 g/mol. The van der Waals surface area contributed by atoms with Gasteiger partial charge in [0.2, 0.25) is 0 Å². The first kappa shape index (κ1) is 59.8. The highest BCUT2D eigenvalue weighted by molar-refractivity contribution is 5.88. The van der Waals surface area contributed by atoms with E-state index >= 15 is 0 Å². The number of hydrogen-bond acceptors (Lipinski definition) is 18. The van der Waals surface area contributed by atoms with Crippen LogP contribution in [-0.2, 0) is 105 Å². The van der Waals surface area contributed by atoms with Gasteiger partial charge in [0, 0.05) is 183 Å². The van der Waals surface area contributed by atoms with Crippen LogP contribution in [0.1, 0.15) is 108 Å². The van der Waals surface area contributed by atoms with Gasteiger partial charge in [0.25, 0.3) is 0 Å². The number of amides is 6. The zero-order chi connectivity index (χ0) is 115. The molecule has 0 spiro atoms. The molecule has 30 heteroatoms. The molecule has 12 heterocycles. The van der Waals surface area contributed by atoms with Gasteiger partial charge in [0.1, 0.15) is 39.6 Å². The summed E-state index contributed by atoms with van der Waals surface area (Å²) in [5, 5.41) is 21.0. The Morgan fingerprint density at radius 2 is 0.492 bits per heavy atom. The summed E-state index contributed by atoms with van der Waals surface area (Å²) in [5.41, 5.74) is 14.0. The number of cyclic esters (lactones) is 6. The van der Waals surface area contributed by atoms with Crippen LogP contribution in [0.2, 0.25) is 0 Å². The van der Waals surface area contributed by atoms with Gasteiger partial charge in [0.05, 0.1) is 36.3 Å². The second-order valence-electron chi connectivity index (χ2n) is 31.7. The molecule has 0 bridgehead atoms. The number of aromatic nitrogens is 6. The van der Waals surface area contributed by atoms with E-state index in [1.807, 2.05) is 110 Å². The molecule has 12 N–H and O–H groups in total. The number of fused-ring (bicyclic) bond motifs is 6. The molecule has 0 aliphatic carbocycles. The second-order valence-corrected chi connectivity index (χ2v) is 31.7. The zero-order valence-electron chi connectivity index (χ0n) is 101. The highest BCUT2D eigenvalue weighted by Crippen LogP contribution is 2.29. The Balaban J connectivity index is 0.000000155. The molecule has 6 aliphatic rings. The minimum absolute atomic E-state index is 0.00411. The van der Waals surface area contributed by atoms with Gasteiger partial charge in [-0.25, -0.2) is 28.8 Å². The average molecular weight is 1750 g/mol. The van der Waals surface area contributed by atoms with Crippen LogP contribution in [0.5, 0.6) is 0 Å². The molecule has 18 rings (SSSR count). The lowest BCUT2D eigenvalue weighted by Gasteiger charge is -2.09. The lowest BCUT2D eigenvalue weighted by atomic mass is 10.0. The predicted octanol–water partition coefficient (Wildman–Crippen LogP) is 11.5. The summed E-state index contributed by atoms with van der Waals surface area (Å²) in [6.07, 6.45) is 5.17. The largest absolute Gasteiger partial charge is 0.447 e. The molecular formula is C96H126N18O12. The number of carbonyl (C=O) groups excluding carboxylic acids is 6. The molecule has 6 atom stereocenters. The third-order valence-corrected chi connectivity index (χ3v) is 21.1. The minimum Gasteiger partial charge on any atom is -0.447 e. The first-order valence-electron chi connectivity index (χ1n) is 55.9. The first-order chi connectivity index (χ1) is 72.4. The topological polar surface area (TPSA) is 344 Å². The maximum Gasteiger partial charge on any atom is 0.407 e. The number of likely N-dealkylation sites (N-methyl/N-ethyl adjacent to an activating group) is 6. The Morgan fingerprint density at radius 1 is 0.278 bits per heavy atom. The number of carbonyl (C=O) groups is 6. The van der Waals surface area contributed by atoms with Crippen LogP contribution in [0.25, 0.3) is 65.4 Å². The summed E-state index contributed by atoms with van der Waals surface area (Å²) in [7, 11) is 9.85. The van der Waals surface area contributed by atoms with Crippen molar-refractivity contribution in [3.05, 3.63) is 213 Å². The predicted molar refractivity (Wildman–Crippen MR) is 495 cm³/mol. The summed E-state index contributed by atoms with van der Waals surface area (Å²) < 4.78 is 263. The molecule has 30 nitrogen and oxygen atoms in total. The van der Waals surface area contributed by atoms with Crippen LogP contribution in [0.15, 0.2) is 146 Å². The van der Waals surface area contributed by atoms with Crippen LogP contribution in [-0.4, -0.2) is 295 Å². The molecule has 6 amide bonds. The molecule has 0 saturated carbocycles. The van der Waals surface area contributed by atoms with Gasteiger partial charge in [-0.1, -0.05) is 36.4 Å². The van der Waals surface area contributed by atoms with Crippen LogP contribution in [0.3, 0.4) is 0 Å². The van der Waals surface area contributed by atoms with E-state index < -0.39 is 118 Å². The number of hydrogen-bond donors (Lipinski definition) is 12. The number of nitrogens with zero attached hydrogens (tertiary/aromatic N) is 6. The fraction of sp³-hybridized carbons (Fsp3) is 0.438. The van der Waals surface area contributed by atoms with Crippen molar-refractivity contribution in [2.75, 3.05) is 163 Å². The molecule has 6 aliphatic heterocycles. The fourth-order valence-corrected chi connectivity index (χ4v) is 15.0. The maximum absolute atomic E-state index is 11.2. The van der Waals surface area contributed by atoms with Crippen molar-refractivity contribution in [1.82, 2.24) is 91.2 Å². The summed E-state index contributed by atoms with van der Waals surface area (Å²) >= 11 is 0. The summed E-state index contributed by atoms with van der Waals surface area (Å²) in [6, 6.07) is 33.7. The molecule has 6 fully saturated rings. The molecule has 0 radical (unpaired) electrons. The quantitative estimate of drug-likeness (QED) is 0.0186. The van der Waals surface area contributed by atoms with E-state index in [2.05, 4.69) is 67.9 Å².